The van der Waals surface area contributed by atoms with E-state index >= 15 is 0 Å². The van der Waals surface area contributed by atoms with Crippen molar-refractivity contribution < 1.29 is 8.42 Å². The lowest BCUT2D eigenvalue weighted by Gasteiger charge is -2.15. The highest BCUT2D eigenvalue weighted by molar-refractivity contribution is 7.98. The number of hydrogen-bond donors (Lipinski definition) is 1. The van der Waals surface area contributed by atoms with Gasteiger partial charge in [0.2, 0.25) is 0 Å². The first-order valence-corrected chi connectivity index (χ1v) is 8.35. The molecular weight excluding hydrogens is 218 g/mol. The smallest absolute Gasteiger partial charge is 0.147 e. The van der Waals surface area contributed by atoms with E-state index in [2.05, 4.69) is 18.5 Å². The van der Waals surface area contributed by atoms with Crippen LogP contribution in [0.15, 0.2) is 0 Å². The normalized spacial score (nSPS) is 14.2. The topological polar surface area (TPSA) is 46.2 Å². The Bertz CT molecular complexity index is 221. The van der Waals surface area contributed by atoms with E-state index in [0.29, 0.717) is 11.8 Å². The van der Waals surface area contributed by atoms with E-state index in [-0.39, 0.29) is 0 Å². The first-order valence-electron chi connectivity index (χ1n) is 4.89. The summed E-state index contributed by atoms with van der Waals surface area (Å²) in [6.45, 7) is 3.02. The Balaban J connectivity index is 3.70. The van der Waals surface area contributed by atoms with Crippen LogP contribution in [0.2, 0.25) is 0 Å². The second-order valence-electron chi connectivity index (χ2n) is 3.48. The Morgan fingerprint density at radius 1 is 1.43 bits per heavy atom. The summed E-state index contributed by atoms with van der Waals surface area (Å²) in [6.07, 6.45) is 5.07. The Morgan fingerprint density at radius 3 is 2.50 bits per heavy atom. The highest BCUT2D eigenvalue weighted by Crippen LogP contribution is 2.05. The lowest BCUT2D eigenvalue weighted by atomic mass is 10.2. The van der Waals surface area contributed by atoms with E-state index in [1.165, 1.54) is 6.26 Å². The molecule has 3 nitrogen and oxygen atoms in total. The van der Waals surface area contributed by atoms with Crippen LogP contribution in [0.25, 0.3) is 0 Å². The van der Waals surface area contributed by atoms with Crippen LogP contribution in [0.4, 0.5) is 0 Å². The molecule has 0 amide bonds. The zero-order valence-corrected chi connectivity index (χ0v) is 10.9. The summed E-state index contributed by atoms with van der Waals surface area (Å²) in [5.41, 5.74) is 0. The summed E-state index contributed by atoms with van der Waals surface area (Å²) in [5.74, 6) is 1.36. The molecule has 0 aromatic carbocycles. The van der Waals surface area contributed by atoms with E-state index in [4.69, 9.17) is 0 Å². The molecule has 0 bridgehead atoms. The fourth-order valence-corrected chi connectivity index (χ4v) is 2.70. The van der Waals surface area contributed by atoms with E-state index in [0.717, 1.165) is 25.1 Å². The molecule has 1 unspecified atom stereocenters. The van der Waals surface area contributed by atoms with Crippen molar-refractivity contribution in [1.82, 2.24) is 5.32 Å². The van der Waals surface area contributed by atoms with Gasteiger partial charge in [0, 0.05) is 23.8 Å². The number of nitrogens with one attached hydrogen (secondary N) is 1. The summed E-state index contributed by atoms with van der Waals surface area (Å²) in [5, 5.41) is 3.35. The molecule has 0 fully saturated rings. The van der Waals surface area contributed by atoms with Crippen molar-refractivity contribution in [2.75, 3.05) is 30.6 Å². The molecule has 0 saturated heterocycles. The fourth-order valence-electron chi connectivity index (χ4n) is 1.33. The number of rotatable bonds is 8. The van der Waals surface area contributed by atoms with Crippen LogP contribution in [-0.4, -0.2) is 45.0 Å². The summed E-state index contributed by atoms with van der Waals surface area (Å²) >= 11 is 1.80. The van der Waals surface area contributed by atoms with Crippen LogP contribution in [0.3, 0.4) is 0 Å². The maximum absolute atomic E-state index is 10.9. The first kappa shape index (κ1) is 14.3. The minimum atomic E-state index is -2.78. The Kier molecular flexibility index (Phi) is 7.68. The van der Waals surface area contributed by atoms with E-state index in [9.17, 15) is 8.42 Å². The molecular formula is C9H21NO2S2. The third-order valence-corrected chi connectivity index (χ3v) is 3.69. The molecule has 14 heavy (non-hydrogen) atoms. The minimum Gasteiger partial charge on any atom is -0.313 e. The van der Waals surface area contributed by atoms with Gasteiger partial charge in [0.1, 0.15) is 9.84 Å². The average molecular weight is 239 g/mol. The first-order chi connectivity index (χ1) is 6.49. The summed E-state index contributed by atoms with van der Waals surface area (Å²) in [6, 6.07) is 0.455. The summed E-state index contributed by atoms with van der Waals surface area (Å²) in [4.78, 5) is 0. The van der Waals surface area contributed by atoms with E-state index in [1.54, 1.807) is 11.8 Å². The fraction of sp³-hybridized carbons (Fsp3) is 1.00. The zero-order valence-electron chi connectivity index (χ0n) is 9.25. The Morgan fingerprint density at radius 2 is 2.07 bits per heavy atom. The maximum Gasteiger partial charge on any atom is 0.147 e. The van der Waals surface area contributed by atoms with Gasteiger partial charge in [0.25, 0.3) is 0 Å². The van der Waals surface area contributed by atoms with Gasteiger partial charge in [-0.1, -0.05) is 6.92 Å². The van der Waals surface area contributed by atoms with Gasteiger partial charge in [0.05, 0.1) is 0 Å². The third-order valence-electron chi connectivity index (χ3n) is 1.93. The molecule has 0 heterocycles. The van der Waals surface area contributed by atoms with Crippen molar-refractivity contribution in [3.05, 3.63) is 0 Å². The standard InChI is InChI=1S/C9H21NO2S2/c1-4-10-9(8-13-2)6-5-7-14(3,11)12/h9-10H,4-8H2,1-3H3. The monoisotopic (exact) mass is 239 g/mol. The van der Waals surface area contributed by atoms with Gasteiger partial charge in [0.15, 0.2) is 0 Å². The van der Waals surface area contributed by atoms with Gasteiger partial charge in [-0.15, -0.1) is 0 Å². The molecule has 0 radical (unpaired) electrons. The molecule has 1 N–H and O–H groups in total. The van der Waals surface area contributed by atoms with Gasteiger partial charge in [-0.3, -0.25) is 0 Å². The molecule has 0 aliphatic rings. The number of hydrogen-bond acceptors (Lipinski definition) is 4. The molecule has 5 heteroatoms. The van der Waals surface area contributed by atoms with Crippen LogP contribution >= 0.6 is 11.8 Å². The lowest BCUT2D eigenvalue weighted by molar-refractivity contribution is 0.528. The van der Waals surface area contributed by atoms with Crippen LogP contribution in [0.5, 0.6) is 0 Å². The molecule has 86 valence electrons. The van der Waals surface area contributed by atoms with Gasteiger partial charge in [-0.05, 0) is 25.6 Å². The van der Waals surface area contributed by atoms with Crippen LogP contribution in [0, 0.1) is 0 Å². The molecule has 0 rings (SSSR count). The predicted molar refractivity (Wildman–Crippen MR) is 64.8 cm³/mol. The van der Waals surface area contributed by atoms with E-state index < -0.39 is 9.84 Å². The molecule has 0 saturated carbocycles. The van der Waals surface area contributed by atoms with Crippen molar-refractivity contribution in [3.8, 4) is 0 Å². The summed E-state index contributed by atoms with van der Waals surface area (Å²) in [7, 11) is -2.78. The van der Waals surface area contributed by atoms with Crippen LogP contribution in [-0.2, 0) is 9.84 Å². The number of sulfone groups is 1. The van der Waals surface area contributed by atoms with Crippen molar-refractivity contribution >= 4 is 21.6 Å². The van der Waals surface area contributed by atoms with Gasteiger partial charge >= 0.3 is 0 Å². The molecule has 0 aliphatic carbocycles. The van der Waals surface area contributed by atoms with E-state index in [1.807, 2.05) is 0 Å². The predicted octanol–water partition coefficient (Wildman–Crippen LogP) is 1.15. The van der Waals surface area contributed by atoms with Crippen LogP contribution in [0.1, 0.15) is 19.8 Å². The highest BCUT2D eigenvalue weighted by Gasteiger charge is 2.08. The minimum absolute atomic E-state index is 0.309. The van der Waals surface area contributed by atoms with Gasteiger partial charge < -0.3 is 5.32 Å². The molecule has 1 atom stereocenters. The second-order valence-corrected chi connectivity index (χ2v) is 6.65. The highest BCUT2D eigenvalue weighted by atomic mass is 32.2. The molecule has 0 spiro atoms. The van der Waals surface area contributed by atoms with Gasteiger partial charge in [-0.25, -0.2) is 8.42 Å². The summed E-state index contributed by atoms with van der Waals surface area (Å²) < 4.78 is 21.8. The maximum atomic E-state index is 10.9. The Hall–Kier alpha value is 0.260. The molecule has 0 aromatic rings. The SMILES string of the molecule is CCNC(CCCS(C)(=O)=O)CSC. The average Bonchev–Trinajstić information content (AvgIpc) is 2.02. The molecule has 0 aromatic heterocycles. The number of thioether (sulfide) groups is 1. The Labute approximate surface area is 92.0 Å². The van der Waals surface area contributed by atoms with Crippen LogP contribution < -0.4 is 5.32 Å². The second kappa shape index (κ2) is 7.54. The quantitative estimate of drug-likeness (QED) is 0.690. The zero-order chi connectivity index (χ0) is 11.0. The van der Waals surface area contributed by atoms with Gasteiger partial charge in [-0.2, -0.15) is 11.8 Å². The van der Waals surface area contributed by atoms with Crippen molar-refractivity contribution in [2.45, 2.75) is 25.8 Å². The van der Waals surface area contributed by atoms with Crippen molar-refractivity contribution in [3.63, 3.8) is 0 Å². The third kappa shape index (κ3) is 8.84. The molecule has 0 aliphatic heterocycles. The largest absolute Gasteiger partial charge is 0.313 e. The lowest BCUT2D eigenvalue weighted by Crippen LogP contribution is -2.31. The van der Waals surface area contributed by atoms with Crippen molar-refractivity contribution in [1.29, 1.82) is 0 Å². The van der Waals surface area contributed by atoms with Crippen molar-refractivity contribution in [2.24, 2.45) is 0 Å².